The summed E-state index contributed by atoms with van der Waals surface area (Å²) < 4.78 is 23.4. The maximum absolute atomic E-state index is 12.7. The first-order valence-electron chi connectivity index (χ1n) is 8.27. The molecule has 26 heavy (non-hydrogen) atoms. The summed E-state index contributed by atoms with van der Waals surface area (Å²) in [6, 6.07) is 3.70. The molecule has 0 unspecified atom stereocenters. The lowest BCUT2D eigenvalue weighted by Crippen LogP contribution is -2.15. The number of carbonyl (C=O) groups is 2. The normalized spacial score (nSPS) is 14.6. The number of amides is 1. The molecule has 0 spiro atoms. The highest BCUT2D eigenvalue weighted by Gasteiger charge is 2.26. The zero-order valence-electron chi connectivity index (χ0n) is 14.5. The summed E-state index contributed by atoms with van der Waals surface area (Å²) in [7, 11) is -3.48. The van der Waals surface area contributed by atoms with Crippen LogP contribution in [0.3, 0.4) is 0 Å². The summed E-state index contributed by atoms with van der Waals surface area (Å²) in [6.07, 6.45) is 3.72. The summed E-state index contributed by atoms with van der Waals surface area (Å²) in [5, 5.41) is 12.5. The van der Waals surface area contributed by atoms with E-state index in [9.17, 15) is 23.1 Å². The van der Waals surface area contributed by atoms with E-state index in [2.05, 4.69) is 10.3 Å². The molecule has 1 aromatic heterocycles. The molecule has 0 saturated heterocycles. The van der Waals surface area contributed by atoms with Crippen LogP contribution in [0, 0.1) is 6.92 Å². The summed E-state index contributed by atoms with van der Waals surface area (Å²) in [5.41, 5.74) is 2.17. The van der Waals surface area contributed by atoms with Gasteiger partial charge in [0.1, 0.15) is 11.4 Å². The number of anilines is 1. The number of H-pyrrole nitrogens is 1. The number of ketones is 1. The second kappa shape index (κ2) is 6.60. The molecule has 3 rings (SSSR count). The fraction of sp³-hybridized carbons (Fsp3) is 0.333. The summed E-state index contributed by atoms with van der Waals surface area (Å²) in [4.78, 5) is 27.9. The number of benzene rings is 1. The Bertz CT molecular complexity index is 1000. The van der Waals surface area contributed by atoms with Gasteiger partial charge in [-0.1, -0.05) is 0 Å². The third kappa shape index (κ3) is 3.37. The van der Waals surface area contributed by atoms with E-state index in [1.54, 1.807) is 6.92 Å². The Labute approximate surface area is 151 Å². The Hall–Kier alpha value is -2.61. The highest BCUT2D eigenvalue weighted by molar-refractivity contribution is 7.90. The lowest BCUT2D eigenvalue weighted by atomic mass is 10.0. The van der Waals surface area contributed by atoms with Crippen LogP contribution in [0.1, 0.15) is 51.4 Å². The van der Waals surface area contributed by atoms with Crippen molar-refractivity contribution >= 4 is 27.2 Å². The third-order valence-corrected chi connectivity index (χ3v) is 5.63. The monoisotopic (exact) mass is 376 g/mol. The van der Waals surface area contributed by atoms with Crippen LogP contribution < -0.4 is 5.32 Å². The average molecular weight is 376 g/mol. The molecule has 138 valence electrons. The number of Topliss-reactive ketones (excluding diaryl/α,β-unsaturated/α-hetero) is 1. The largest absolute Gasteiger partial charge is 0.506 e. The van der Waals surface area contributed by atoms with Crippen LogP contribution in [0.4, 0.5) is 5.69 Å². The average Bonchev–Trinajstić information content (AvgIpc) is 2.76. The SMILES string of the molecule is Cc1[nH]c(C(=O)Nc2cc(S(C)(=O)=O)ccc2O)c2c1C(=O)CCCC2. The fourth-order valence-electron chi connectivity index (χ4n) is 3.24. The van der Waals surface area contributed by atoms with Gasteiger partial charge in [-0.2, -0.15) is 0 Å². The van der Waals surface area contributed by atoms with Gasteiger partial charge >= 0.3 is 0 Å². The van der Waals surface area contributed by atoms with Gasteiger partial charge in [-0.15, -0.1) is 0 Å². The van der Waals surface area contributed by atoms with Crippen LogP contribution in [0.25, 0.3) is 0 Å². The molecule has 0 aliphatic heterocycles. The van der Waals surface area contributed by atoms with Crippen molar-refractivity contribution in [3.8, 4) is 5.75 Å². The van der Waals surface area contributed by atoms with Gasteiger partial charge in [-0.3, -0.25) is 9.59 Å². The molecule has 1 aromatic carbocycles. The Balaban J connectivity index is 1.98. The molecule has 1 aliphatic rings. The van der Waals surface area contributed by atoms with Gasteiger partial charge in [0.2, 0.25) is 0 Å². The van der Waals surface area contributed by atoms with Gasteiger partial charge in [0.05, 0.1) is 10.6 Å². The maximum Gasteiger partial charge on any atom is 0.272 e. The van der Waals surface area contributed by atoms with Crippen LogP contribution in [-0.4, -0.2) is 36.5 Å². The van der Waals surface area contributed by atoms with E-state index < -0.39 is 15.7 Å². The van der Waals surface area contributed by atoms with E-state index in [4.69, 9.17) is 0 Å². The van der Waals surface area contributed by atoms with Crippen molar-refractivity contribution in [3.63, 3.8) is 0 Å². The number of rotatable bonds is 3. The highest BCUT2D eigenvalue weighted by atomic mass is 32.2. The molecule has 8 heteroatoms. The number of aromatic amines is 1. The van der Waals surface area contributed by atoms with E-state index in [0.29, 0.717) is 29.7 Å². The van der Waals surface area contributed by atoms with Crippen molar-refractivity contribution in [1.29, 1.82) is 0 Å². The predicted molar refractivity (Wildman–Crippen MR) is 96.6 cm³/mol. The zero-order chi connectivity index (χ0) is 19.1. The first-order valence-corrected chi connectivity index (χ1v) is 10.2. The standard InChI is InChI=1S/C18H20N2O5S/c1-10-16-12(5-3-4-6-15(16)22)17(19-10)18(23)20-13-9-11(26(2,24)25)7-8-14(13)21/h7-9,19,21H,3-6H2,1-2H3,(H,20,23). The molecule has 0 saturated carbocycles. The number of nitrogens with one attached hydrogen (secondary N) is 2. The van der Waals surface area contributed by atoms with Crippen LogP contribution in [0.15, 0.2) is 23.1 Å². The topological polar surface area (TPSA) is 116 Å². The van der Waals surface area contributed by atoms with E-state index in [-0.39, 0.29) is 27.8 Å². The van der Waals surface area contributed by atoms with Crippen LogP contribution >= 0.6 is 0 Å². The number of fused-ring (bicyclic) bond motifs is 1. The number of phenolic OH excluding ortho intramolecular Hbond substituents is 1. The number of phenols is 1. The Morgan fingerprint density at radius 3 is 2.62 bits per heavy atom. The minimum atomic E-state index is -3.48. The smallest absolute Gasteiger partial charge is 0.272 e. The lowest BCUT2D eigenvalue weighted by Gasteiger charge is -2.09. The van der Waals surface area contributed by atoms with Crippen LogP contribution in [0.5, 0.6) is 5.75 Å². The number of aromatic hydroxyl groups is 1. The maximum atomic E-state index is 12.7. The van der Waals surface area contributed by atoms with Gasteiger partial charge in [0.25, 0.3) is 5.91 Å². The Morgan fingerprint density at radius 2 is 1.92 bits per heavy atom. The van der Waals surface area contributed by atoms with Crippen LogP contribution in [0.2, 0.25) is 0 Å². The summed E-state index contributed by atoms with van der Waals surface area (Å²) in [5.74, 6) is -0.742. The number of aromatic nitrogens is 1. The number of carbonyl (C=O) groups excluding carboxylic acids is 2. The molecular formula is C18H20N2O5S. The molecule has 0 atom stereocenters. The Kier molecular flexibility index (Phi) is 4.62. The molecule has 0 radical (unpaired) electrons. The van der Waals surface area contributed by atoms with Gasteiger partial charge in [0, 0.05) is 23.9 Å². The lowest BCUT2D eigenvalue weighted by molar-refractivity contribution is 0.0981. The van der Waals surface area contributed by atoms with E-state index >= 15 is 0 Å². The van der Waals surface area contributed by atoms with Crippen molar-refractivity contribution in [2.24, 2.45) is 0 Å². The predicted octanol–water partition coefficient (Wildman–Crippen LogP) is 2.59. The molecule has 2 aromatic rings. The van der Waals surface area contributed by atoms with Gasteiger partial charge in [0.15, 0.2) is 15.6 Å². The second-order valence-corrected chi connectivity index (χ2v) is 8.53. The Morgan fingerprint density at radius 1 is 1.23 bits per heavy atom. The van der Waals surface area contributed by atoms with Gasteiger partial charge < -0.3 is 15.4 Å². The quantitative estimate of drug-likeness (QED) is 0.562. The van der Waals surface area contributed by atoms with Gasteiger partial charge in [-0.25, -0.2) is 8.42 Å². The summed E-state index contributed by atoms with van der Waals surface area (Å²) >= 11 is 0. The number of hydrogen-bond acceptors (Lipinski definition) is 5. The molecule has 0 fully saturated rings. The first kappa shape index (κ1) is 18.2. The van der Waals surface area contributed by atoms with Crippen LogP contribution in [-0.2, 0) is 16.3 Å². The fourth-order valence-corrected chi connectivity index (χ4v) is 3.89. The zero-order valence-corrected chi connectivity index (χ0v) is 15.4. The van der Waals surface area contributed by atoms with E-state index in [0.717, 1.165) is 19.1 Å². The highest BCUT2D eigenvalue weighted by Crippen LogP contribution is 2.30. The van der Waals surface area contributed by atoms with E-state index in [1.807, 2.05) is 0 Å². The number of hydrogen-bond donors (Lipinski definition) is 3. The minimum absolute atomic E-state index is 0.00104. The van der Waals surface area contributed by atoms with Crippen molar-refractivity contribution in [2.75, 3.05) is 11.6 Å². The minimum Gasteiger partial charge on any atom is -0.506 e. The molecule has 1 heterocycles. The number of sulfone groups is 1. The first-order chi connectivity index (χ1) is 12.2. The molecule has 7 nitrogen and oxygen atoms in total. The summed E-state index contributed by atoms with van der Waals surface area (Å²) in [6.45, 7) is 1.75. The van der Waals surface area contributed by atoms with Crippen molar-refractivity contribution in [2.45, 2.75) is 37.5 Å². The number of aryl methyl sites for hydroxylation is 1. The van der Waals surface area contributed by atoms with Crippen molar-refractivity contribution < 1.29 is 23.1 Å². The van der Waals surface area contributed by atoms with Crippen molar-refractivity contribution in [1.82, 2.24) is 4.98 Å². The second-order valence-electron chi connectivity index (χ2n) is 6.51. The molecule has 1 aliphatic carbocycles. The third-order valence-electron chi connectivity index (χ3n) is 4.52. The van der Waals surface area contributed by atoms with Crippen molar-refractivity contribution in [3.05, 3.63) is 40.7 Å². The van der Waals surface area contributed by atoms with Gasteiger partial charge in [-0.05, 0) is 49.9 Å². The molecular weight excluding hydrogens is 356 g/mol. The molecule has 0 bridgehead atoms. The molecule has 3 N–H and O–H groups in total. The molecule has 1 amide bonds. The van der Waals surface area contributed by atoms with E-state index in [1.165, 1.54) is 18.2 Å².